The van der Waals surface area contributed by atoms with Gasteiger partial charge in [-0.05, 0) is 43.7 Å². The first-order valence-electron chi connectivity index (χ1n) is 13.2. The smallest absolute Gasteiger partial charge is 0.235 e. The number of hydrogen-bond acceptors (Lipinski definition) is 6. The summed E-state index contributed by atoms with van der Waals surface area (Å²) in [5, 5.41) is 20.6. The molecule has 0 amide bonds. The van der Waals surface area contributed by atoms with E-state index >= 15 is 0 Å². The van der Waals surface area contributed by atoms with Crippen LogP contribution in [0.25, 0.3) is 22.3 Å². The Morgan fingerprint density at radius 1 is 0.784 bits per heavy atom. The van der Waals surface area contributed by atoms with Crippen LogP contribution in [0, 0.1) is 11.8 Å². The molecule has 3 aromatic rings. The van der Waals surface area contributed by atoms with Crippen molar-refractivity contribution in [2.75, 3.05) is 0 Å². The summed E-state index contributed by atoms with van der Waals surface area (Å²) in [5.41, 5.74) is 0.743. The zero-order chi connectivity index (χ0) is 25.1. The molecule has 2 aromatic carbocycles. The van der Waals surface area contributed by atoms with Gasteiger partial charge in [-0.3, -0.25) is 9.59 Å². The van der Waals surface area contributed by atoms with Crippen LogP contribution in [-0.2, 0) is 29.0 Å². The number of carbonyl (C=O) groups is 1. The van der Waals surface area contributed by atoms with Crippen molar-refractivity contribution >= 4 is 16.8 Å². The normalized spacial score (nSPS) is 25.9. The Morgan fingerprint density at radius 3 is 2.19 bits per heavy atom. The van der Waals surface area contributed by atoms with Gasteiger partial charge in [0.05, 0.1) is 17.6 Å². The number of ether oxygens (including phenoxy) is 1. The van der Waals surface area contributed by atoms with Crippen LogP contribution in [0.3, 0.4) is 0 Å². The molecule has 1 aromatic heterocycles. The maximum Gasteiger partial charge on any atom is 0.235 e. The number of hydrogen-bond donors (Lipinski definition) is 2. The Balaban J connectivity index is 0.000000168. The number of ketones is 1. The fourth-order valence-electron chi connectivity index (χ4n) is 5.99. The standard InChI is InChI=1S/C15H24O3.C15H10O3.Zn/c2*16-13-11-8-4-5-9-12(11)18-15(14(13)17)10-6-2-1-3-7-10;/h10-12,14-15,17H,1-9H2;1-9,17H;. The van der Waals surface area contributed by atoms with E-state index in [1.54, 1.807) is 36.4 Å². The van der Waals surface area contributed by atoms with Crippen molar-refractivity contribution in [2.24, 2.45) is 11.8 Å². The van der Waals surface area contributed by atoms with E-state index in [9.17, 15) is 19.8 Å². The monoisotopic (exact) mass is 554 g/mol. The number of carbonyl (C=O) groups excluding carboxylic acids is 1. The molecular formula is C30H34O6Zn. The Bertz CT molecular complexity index is 1250. The van der Waals surface area contributed by atoms with E-state index in [0.717, 1.165) is 32.1 Å². The SMILES string of the molecule is O=C1C(O)C(C2CCCCC2)OC2CCCCC12.O=c1c(O)c(-c2ccccc2)oc2ccccc12.[Zn]. The van der Waals surface area contributed by atoms with Crippen LogP contribution in [0.4, 0.5) is 0 Å². The molecule has 37 heavy (non-hydrogen) atoms. The van der Waals surface area contributed by atoms with E-state index in [4.69, 9.17) is 9.15 Å². The molecule has 2 saturated carbocycles. The number of aliphatic hydroxyl groups excluding tert-OH is 1. The van der Waals surface area contributed by atoms with Gasteiger partial charge in [0.15, 0.2) is 11.5 Å². The van der Waals surface area contributed by atoms with Crippen LogP contribution in [0.2, 0.25) is 0 Å². The van der Waals surface area contributed by atoms with E-state index in [-0.39, 0.29) is 54.9 Å². The average molecular weight is 556 g/mol. The zero-order valence-corrected chi connectivity index (χ0v) is 24.1. The summed E-state index contributed by atoms with van der Waals surface area (Å²) < 4.78 is 11.8. The van der Waals surface area contributed by atoms with Crippen LogP contribution in [0.1, 0.15) is 57.8 Å². The molecule has 0 radical (unpaired) electrons. The van der Waals surface area contributed by atoms with Gasteiger partial charge in [0.25, 0.3) is 0 Å². The van der Waals surface area contributed by atoms with Crippen molar-refractivity contribution in [2.45, 2.75) is 76.1 Å². The molecule has 7 heteroatoms. The zero-order valence-electron chi connectivity index (χ0n) is 21.2. The average Bonchev–Trinajstić information content (AvgIpc) is 2.94. The third-order valence-electron chi connectivity index (χ3n) is 7.93. The Kier molecular flexibility index (Phi) is 9.33. The summed E-state index contributed by atoms with van der Waals surface area (Å²) in [4.78, 5) is 24.3. The first kappa shape index (κ1) is 27.7. The second-order valence-corrected chi connectivity index (χ2v) is 10.2. The third kappa shape index (κ3) is 5.90. The predicted molar refractivity (Wildman–Crippen MR) is 138 cm³/mol. The first-order chi connectivity index (χ1) is 17.5. The van der Waals surface area contributed by atoms with Crippen molar-refractivity contribution in [3.8, 4) is 17.1 Å². The first-order valence-corrected chi connectivity index (χ1v) is 13.2. The number of aromatic hydroxyl groups is 1. The maximum atomic E-state index is 12.3. The van der Waals surface area contributed by atoms with Gasteiger partial charge in [0, 0.05) is 31.0 Å². The van der Waals surface area contributed by atoms with Crippen LogP contribution in [-0.4, -0.2) is 34.3 Å². The van der Waals surface area contributed by atoms with Gasteiger partial charge < -0.3 is 19.4 Å². The van der Waals surface area contributed by atoms with Gasteiger partial charge in [-0.25, -0.2) is 0 Å². The molecule has 3 aliphatic rings. The molecule has 2 aliphatic carbocycles. The van der Waals surface area contributed by atoms with Gasteiger partial charge in [0.2, 0.25) is 11.2 Å². The van der Waals surface area contributed by atoms with Crippen LogP contribution in [0.5, 0.6) is 5.75 Å². The minimum absolute atomic E-state index is 0. The Morgan fingerprint density at radius 2 is 1.43 bits per heavy atom. The number of fused-ring (bicyclic) bond motifs is 2. The van der Waals surface area contributed by atoms with Crippen molar-refractivity contribution in [3.63, 3.8) is 0 Å². The minimum atomic E-state index is -0.854. The molecule has 0 spiro atoms. The summed E-state index contributed by atoms with van der Waals surface area (Å²) in [6.45, 7) is 0. The second kappa shape index (κ2) is 12.5. The molecule has 4 unspecified atom stereocenters. The second-order valence-electron chi connectivity index (χ2n) is 10.2. The number of rotatable bonds is 2. The molecule has 192 valence electrons. The number of Topliss-reactive ketones (excluding diaryl/α,β-unsaturated/α-hetero) is 1. The molecule has 1 aliphatic heterocycles. The number of benzene rings is 2. The summed E-state index contributed by atoms with van der Waals surface area (Å²) in [6.07, 6.45) is 9.20. The van der Waals surface area contributed by atoms with Gasteiger partial charge in [-0.1, -0.05) is 74.6 Å². The van der Waals surface area contributed by atoms with Crippen molar-refractivity contribution in [1.29, 1.82) is 0 Å². The summed E-state index contributed by atoms with van der Waals surface area (Å²) in [6, 6.07) is 15.9. The Labute approximate surface area is 229 Å². The fraction of sp³-hybridized carbons (Fsp3) is 0.467. The van der Waals surface area contributed by atoms with Crippen molar-refractivity contribution < 1.29 is 43.6 Å². The van der Waals surface area contributed by atoms with E-state index in [1.807, 2.05) is 18.2 Å². The van der Waals surface area contributed by atoms with E-state index in [0.29, 0.717) is 22.5 Å². The van der Waals surface area contributed by atoms with Gasteiger partial charge in [0.1, 0.15) is 11.7 Å². The topological polar surface area (TPSA) is 97.0 Å². The maximum absolute atomic E-state index is 12.3. The quantitative estimate of drug-likeness (QED) is 0.399. The molecule has 2 N–H and O–H groups in total. The molecular weight excluding hydrogens is 522 g/mol. The molecule has 6 nitrogen and oxygen atoms in total. The van der Waals surface area contributed by atoms with Crippen LogP contribution >= 0.6 is 0 Å². The summed E-state index contributed by atoms with van der Waals surface area (Å²) >= 11 is 0. The predicted octanol–water partition coefficient (Wildman–Crippen LogP) is 5.62. The van der Waals surface area contributed by atoms with Gasteiger partial charge >= 0.3 is 0 Å². The van der Waals surface area contributed by atoms with E-state index in [1.165, 1.54) is 25.7 Å². The van der Waals surface area contributed by atoms with Crippen LogP contribution in [0.15, 0.2) is 63.8 Å². The molecule has 6 rings (SSSR count). The molecule has 2 heterocycles. The summed E-state index contributed by atoms with van der Waals surface area (Å²) in [7, 11) is 0. The van der Waals surface area contributed by atoms with Gasteiger partial charge in [-0.15, -0.1) is 0 Å². The van der Waals surface area contributed by atoms with E-state index in [2.05, 4.69) is 0 Å². The number of aliphatic hydroxyl groups is 1. The van der Waals surface area contributed by atoms with Gasteiger partial charge in [-0.2, -0.15) is 0 Å². The summed E-state index contributed by atoms with van der Waals surface area (Å²) in [5.74, 6) is 0.315. The molecule has 0 bridgehead atoms. The molecule has 1 saturated heterocycles. The molecule has 3 fully saturated rings. The third-order valence-corrected chi connectivity index (χ3v) is 7.93. The van der Waals surface area contributed by atoms with Crippen LogP contribution < -0.4 is 5.43 Å². The molecule has 4 atom stereocenters. The number of para-hydroxylation sites is 1. The van der Waals surface area contributed by atoms with E-state index < -0.39 is 11.5 Å². The largest absolute Gasteiger partial charge is 0.502 e. The Hall–Kier alpha value is -2.34. The van der Waals surface area contributed by atoms with Crippen molar-refractivity contribution in [3.05, 3.63) is 64.8 Å². The fourth-order valence-corrected chi connectivity index (χ4v) is 5.99. The van der Waals surface area contributed by atoms with Crippen molar-refractivity contribution in [1.82, 2.24) is 0 Å². The minimum Gasteiger partial charge on any atom is -0.502 e.